The lowest BCUT2D eigenvalue weighted by Crippen LogP contribution is -2.18. The average Bonchev–Trinajstić information content (AvgIpc) is 2.46. The Morgan fingerprint density at radius 3 is 2.93 bits per heavy atom. The second-order valence-electron chi connectivity index (χ2n) is 3.07. The van der Waals surface area contributed by atoms with Crippen LogP contribution in [0.25, 0.3) is 0 Å². The van der Waals surface area contributed by atoms with Crippen LogP contribution in [0.2, 0.25) is 0 Å². The van der Waals surface area contributed by atoms with Gasteiger partial charge < -0.3 is 15.6 Å². The van der Waals surface area contributed by atoms with Gasteiger partial charge in [-0.15, -0.1) is 11.3 Å². The van der Waals surface area contributed by atoms with E-state index in [2.05, 4.69) is 15.9 Å². The van der Waals surface area contributed by atoms with Crippen molar-refractivity contribution in [2.45, 2.75) is 13.0 Å². The number of aryl methyl sites for hydroxylation is 1. The summed E-state index contributed by atoms with van der Waals surface area (Å²) in [4.78, 5) is 12.3. The smallest absolute Gasteiger partial charge is 0.329 e. The lowest BCUT2D eigenvalue weighted by molar-refractivity contribution is -0.142. The molecule has 84 valence electrons. The molecular formula is C9H12BrNO3S. The first-order chi connectivity index (χ1) is 7.00. The van der Waals surface area contributed by atoms with Gasteiger partial charge in [-0.2, -0.15) is 0 Å². The fourth-order valence-electron chi connectivity index (χ4n) is 1.02. The molecule has 0 aliphatic rings. The number of hydrogen-bond acceptors (Lipinski definition) is 4. The minimum Gasteiger partial charge on any atom is -0.480 e. The van der Waals surface area contributed by atoms with Crippen LogP contribution in [0.15, 0.2) is 10.5 Å². The second-order valence-corrected chi connectivity index (χ2v) is 5.21. The maximum atomic E-state index is 10.2. The summed E-state index contributed by atoms with van der Waals surface area (Å²) in [6.07, 6.45) is 0. The number of halogens is 1. The predicted molar refractivity (Wildman–Crippen MR) is 62.1 cm³/mol. The standard InChI is InChI=1S/C9H12BrNO3S/c1-5-6(10)2-8(15-5)7(11)3-14-4-9(12)13/h2,7H,3-4,11H2,1H3,(H,12,13). The first-order valence-electron chi connectivity index (χ1n) is 4.31. The van der Waals surface area contributed by atoms with Crippen LogP contribution in [-0.4, -0.2) is 24.3 Å². The SMILES string of the molecule is Cc1sc(C(N)COCC(=O)O)cc1Br. The highest BCUT2D eigenvalue weighted by atomic mass is 79.9. The van der Waals surface area contributed by atoms with E-state index in [1.54, 1.807) is 11.3 Å². The van der Waals surface area contributed by atoms with Gasteiger partial charge in [-0.25, -0.2) is 4.79 Å². The highest BCUT2D eigenvalue weighted by Gasteiger charge is 2.11. The second kappa shape index (κ2) is 5.60. The zero-order valence-electron chi connectivity index (χ0n) is 8.20. The summed E-state index contributed by atoms with van der Waals surface area (Å²) in [5.74, 6) is -0.981. The summed E-state index contributed by atoms with van der Waals surface area (Å²) < 4.78 is 5.95. The van der Waals surface area contributed by atoms with Crippen molar-refractivity contribution in [2.24, 2.45) is 5.73 Å². The lowest BCUT2D eigenvalue weighted by Gasteiger charge is -2.08. The van der Waals surface area contributed by atoms with Crippen LogP contribution in [0.5, 0.6) is 0 Å². The molecule has 1 aromatic heterocycles. The predicted octanol–water partition coefficient (Wildman–Crippen LogP) is 1.92. The molecule has 15 heavy (non-hydrogen) atoms. The van der Waals surface area contributed by atoms with E-state index in [-0.39, 0.29) is 19.3 Å². The zero-order valence-corrected chi connectivity index (χ0v) is 10.6. The maximum Gasteiger partial charge on any atom is 0.329 e. The molecule has 0 saturated carbocycles. The number of hydrogen-bond donors (Lipinski definition) is 2. The van der Waals surface area contributed by atoms with Gasteiger partial charge in [0, 0.05) is 14.2 Å². The number of carboxylic acid groups (broad SMARTS) is 1. The summed E-state index contributed by atoms with van der Waals surface area (Å²) in [5, 5.41) is 8.37. The molecule has 4 nitrogen and oxygen atoms in total. The van der Waals surface area contributed by atoms with Gasteiger partial charge in [-0.05, 0) is 28.9 Å². The van der Waals surface area contributed by atoms with Crippen LogP contribution in [0.3, 0.4) is 0 Å². The Morgan fingerprint density at radius 1 is 1.80 bits per heavy atom. The molecule has 0 fully saturated rings. The van der Waals surface area contributed by atoms with Gasteiger partial charge >= 0.3 is 5.97 Å². The molecule has 3 N–H and O–H groups in total. The van der Waals surface area contributed by atoms with Gasteiger partial charge in [-0.1, -0.05) is 0 Å². The Bertz CT molecular complexity index is 334. The van der Waals surface area contributed by atoms with Crippen LogP contribution in [0.4, 0.5) is 0 Å². The van der Waals surface area contributed by atoms with Crippen LogP contribution in [-0.2, 0) is 9.53 Å². The fraction of sp³-hybridized carbons (Fsp3) is 0.444. The third-order valence-electron chi connectivity index (χ3n) is 1.76. The molecule has 0 aliphatic heterocycles. The number of aliphatic carboxylic acids is 1. The van der Waals surface area contributed by atoms with Crippen LogP contribution in [0, 0.1) is 6.92 Å². The Kier molecular flexibility index (Phi) is 4.72. The van der Waals surface area contributed by atoms with E-state index in [9.17, 15) is 4.79 Å². The summed E-state index contributed by atoms with van der Waals surface area (Å²) >= 11 is 4.98. The van der Waals surface area contributed by atoms with E-state index < -0.39 is 5.97 Å². The summed E-state index contributed by atoms with van der Waals surface area (Å²) in [6, 6.07) is 1.67. The first-order valence-corrected chi connectivity index (χ1v) is 5.92. The topological polar surface area (TPSA) is 72.5 Å². The number of thiophene rings is 1. The molecule has 1 unspecified atom stereocenters. The van der Waals surface area contributed by atoms with Gasteiger partial charge in [-0.3, -0.25) is 0 Å². The molecule has 1 aromatic rings. The van der Waals surface area contributed by atoms with Crippen molar-refractivity contribution in [3.8, 4) is 0 Å². The van der Waals surface area contributed by atoms with Crippen molar-refractivity contribution in [2.75, 3.05) is 13.2 Å². The minimum atomic E-state index is -0.981. The Hall–Kier alpha value is -0.430. The summed E-state index contributed by atoms with van der Waals surface area (Å²) in [6.45, 7) is 1.90. The quantitative estimate of drug-likeness (QED) is 0.870. The molecular weight excluding hydrogens is 282 g/mol. The van der Waals surface area contributed by atoms with E-state index in [0.29, 0.717) is 0 Å². The molecule has 0 bridgehead atoms. The van der Waals surface area contributed by atoms with Crippen LogP contribution >= 0.6 is 27.3 Å². The number of nitrogens with two attached hydrogens (primary N) is 1. The highest BCUT2D eigenvalue weighted by Crippen LogP contribution is 2.29. The Labute approximate surface area is 100 Å². The summed E-state index contributed by atoms with van der Waals surface area (Å²) in [7, 11) is 0. The Morgan fingerprint density at radius 2 is 2.47 bits per heavy atom. The van der Waals surface area contributed by atoms with E-state index in [0.717, 1.165) is 14.2 Å². The Balaban J connectivity index is 2.46. The normalized spacial score (nSPS) is 12.7. The van der Waals surface area contributed by atoms with E-state index >= 15 is 0 Å². The van der Waals surface area contributed by atoms with E-state index in [1.807, 2.05) is 13.0 Å². The van der Waals surface area contributed by atoms with Crippen molar-refractivity contribution in [1.82, 2.24) is 0 Å². The number of carbonyl (C=O) groups is 1. The van der Waals surface area contributed by atoms with Crippen molar-refractivity contribution < 1.29 is 14.6 Å². The molecule has 1 atom stereocenters. The molecule has 0 saturated heterocycles. The third kappa shape index (κ3) is 3.90. The molecule has 0 aromatic carbocycles. The fourth-order valence-corrected chi connectivity index (χ4v) is 2.57. The molecule has 0 amide bonds. The van der Waals surface area contributed by atoms with Gasteiger partial charge in [0.2, 0.25) is 0 Å². The van der Waals surface area contributed by atoms with Gasteiger partial charge in [0.05, 0.1) is 12.6 Å². The lowest BCUT2D eigenvalue weighted by atomic mass is 10.3. The molecule has 6 heteroatoms. The van der Waals surface area contributed by atoms with Crippen LogP contribution in [0.1, 0.15) is 15.8 Å². The number of carboxylic acids is 1. The van der Waals surface area contributed by atoms with E-state index in [4.69, 9.17) is 15.6 Å². The van der Waals surface area contributed by atoms with Crippen LogP contribution < -0.4 is 5.73 Å². The summed E-state index contributed by atoms with van der Waals surface area (Å²) in [5.41, 5.74) is 5.84. The van der Waals surface area contributed by atoms with E-state index in [1.165, 1.54) is 0 Å². The third-order valence-corrected chi connectivity index (χ3v) is 4.03. The van der Waals surface area contributed by atoms with Gasteiger partial charge in [0.1, 0.15) is 6.61 Å². The molecule has 0 aliphatic carbocycles. The molecule has 0 spiro atoms. The highest BCUT2D eigenvalue weighted by molar-refractivity contribution is 9.10. The van der Waals surface area contributed by atoms with Crippen molar-refractivity contribution >= 4 is 33.2 Å². The molecule has 1 heterocycles. The monoisotopic (exact) mass is 293 g/mol. The van der Waals surface area contributed by atoms with Crippen molar-refractivity contribution in [3.63, 3.8) is 0 Å². The number of ether oxygens (including phenoxy) is 1. The minimum absolute atomic E-state index is 0.221. The van der Waals surface area contributed by atoms with Gasteiger partial charge in [0.25, 0.3) is 0 Å². The maximum absolute atomic E-state index is 10.2. The zero-order chi connectivity index (χ0) is 11.4. The molecule has 1 rings (SSSR count). The van der Waals surface area contributed by atoms with Crippen molar-refractivity contribution in [3.05, 3.63) is 20.3 Å². The number of rotatable bonds is 5. The largest absolute Gasteiger partial charge is 0.480 e. The van der Waals surface area contributed by atoms with Crippen molar-refractivity contribution in [1.29, 1.82) is 0 Å². The average molecular weight is 294 g/mol. The molecule has 0 radical (unpaired) electrons. The van der Waals surface area contributed by atoms with Gasteiger partial charge in [0.15, 0.2) is 0 Å². The first kappa shape index (κ1) is 12.6.